The van der Waals surface area contributed by atoms with Crippen LogP contribution in [0.5, 0.6) is 0 Å². The summed E-state index contributed by atoms with van der Waals surface area (Å²) in [6.07, 6.45) is 3.20. The van der Waals surface area contributed by atoms with Crippen LogP contribution in [0.3, 0.4) is 0 Å². The highest BCUT2D eigenvalue weighted by Crippen LogP contribution is 2.11. The minimum absolute atomic E-state index is 0.00391. The maximum atomic E-state index is 11.6. The molecule has 0 amide bonds. The Morgan fingerprint density at radius 1 is 1.44 bits per heavy atom. The molecule has 0 saturated carbocycles. The summed E-state index contributed by atoms with van der Waals surface area (Å²) in [5.41, 5.74) is 1.12. The summed E-state index contributed by atoms with van der Waals surface area (Å²) in [5.74, 6) is -0.413. The van der Waals surface area contributed by atoms with Gasteiger partial charge in [-0.05, 0) is 13.3 Å². The normalized spacial score (nSPS) is 11.5. The van der Waals surface area contributed by atoms with Crippen molar-refractivity contribution in [1.82, 2.24) is 9.78 Å². The lowest BCUT2D eigenvalue weighted by Gasteiger charge is -2.06. The molecule has 0 radical (unpaired) electrons. The molecule has 1 heterocycles. The molecular weight excluding hydrogens is 256 g/mol. The molecule has 6 nitrogen and oxygen atoms in total. The van der Waals surface area contributed by atoms with E-state index < -0.39 is 15.8 Å². The van der Waals surface area contributed by atoms with Crippen molar-refractivity contribution in [1.29, 1.82) is 0 Å². The van der Waals surface area contributed by atoms with Gasteiger partial charge in [-0.1, -0.05) is 6.92 Å². The molecule has 0 aliphatic carbocycles. The average molecular weight is 274 g/mol. The van der Waals surface area contributed by atoms with E-state index in [4.69, 9.17) is 4.74 Å². The summed E-state index contributed by atoms with van der Waals surface area (Å²) >= 11 is 0. The lowest BCUT2D eigenvalue weighted by atomic mass is 10.2. The predicted molar refractivity (Wildman–Crippen MR) is 67.3 cm³/mol. The smallest absolute Gasteiger partial charge is 0.341 e. The topological polar surface area (TPSA) is 78.3 Å². The van der Waals surface area contributed by atoms with Crippen LogP contribution in [-0.4, -0.2) is 42.8 Å². The zero-order chi connectivity index (χ0) is 13.8. The first kappa shape index (κ1) is 14.7. The molecule has 1 aromatic heterocycles. The van der Waals surface area contributed by atoms with E-state index in [-0.39, 0.29) is 12.3 Å². The number of carbonyl (C=O) groups excluding carboxylic acids is 1. The largest absolute Gasteiger partial charge is 0.462 e. The molecule has 0 N–H and O–H groups in total. The second kappa shape index (κ2) is 5.99. The third-order valence-electron chi connectivity index (χ3n) is 2.45. The molecule has 0 aromatic carbocycles. The van der Waals surface area contributed by atoms with Gasteiger partial charge in [-0.3, -0.25) is 4.68 Å². The van der Waals surface area contributed by atoms with Gasteiger partial charge >= 0.3 is 5.97 Å². The fourth-order valence-electron chi connectivity index (χ4n) is 1.61. The lowest BCUT2D eigenvalue weighted by molar-refractivity contribution is 0.0525. The first-order valence-corrected chi connectivity index (χ1v) is 7.84. The van der Waals surface area contributed by atoms with E-state index in [0.717, 1.165) is 0 Å². The first-order chi connectivity index (χ1) is 8.39. The predicted octanol–water partition coefficient (Wildman–Crippen LogP) is 0.667. The van der Waals surface area contributed by atoms with E-state index in [1.807, 2.05) is 6.92 Å². The Balaban J connectivity index is 2.91. The van der Waals surface area contributed by atoms with Gasteiger partial charge in [0.1, 0.15) is 15.4 Å². The average Bonchev–Trinajstić information content (AvgIpc) is 2.68. The zero-order valence-corrected chi connectivity index (χ0v) is 11.7. The van der Waals surface area contributed by atoms with E-state index in [1.165, 1.54) is 12.5 Å². The minimum atomic E-state index is -3.05. The number of sulfone groups is 1. The lowest BCUT2D eigenvalue weighted by Crippen LogP contribution is -2.15. The first-order valence-electron chi connectivity index (χ1n) is 5.78. The summed E-state index contributed by atoms with van der Waals surface area (Å²) in [7, 11) is -3.05. The van der Waals surface area contributed by atoms with Crippen molar-refractivity contribution in [2.45, 2.75) is 26.8 Å². The minimum Gasteiger partial charge on any atom is -0.462 e. The van der Waals surface area contributed by atoms with Crippen molar-refractivity contribution >= 4 is 15.8 Å². The van der Waals surface area contributed by atoms with Gasteiger partial charge in [0.15, 0.2) is 0 Å². The van der Waals surface area contributed by atoms with Gasteiger partial charge in [0.2, 0.25) is 0 Å². The zero-order valence-electron chi connectivity index (χ0n) is 10.8. The molecule has 0 spiro atoms. The molecule has 0 aliphatic rings. The molecule has 0 bridgehead atoms. The van der Waals surface area contributed by atoms with Crippen LogP contribution in [0.2, 0.25) is 0 Å². The summed E-state index contributed by atoms with van der Waals surface area (Å²) in [6, 6.07) is 0. The fraction of sp³-hybridized carbons (Fsp3) is 0.636. The maximum absolute atomic E-state index is 11.6. The van der Waals surface area contributed by atoms with E-state index >= 15 is 0 Å². The Bertz CT molecular complexity index is 519. The molecule has 18 heavy (non-hydrogen) atoms. The van der Waals surface area contributed by atoms with Gasteiger partial charge in [0.25, 0.3) is 0 Å². The number of aryl methyl sites for hydroxylation is 1. The van der Waals surface area contributed by atoms with Crippen LogP contribution in [0.4, 0.5) is 0 Å². The summed E-state index contributed by atoms with van der Waals surface area (Å²) in [6.45, 7) is 4.17. The van der Waals surface area contributed by atoms with Crippen LogP contribution in [0, 0.1) is 0 Å². The van der Waals surface area contributed by atoms with Crippen LogP contribution in [0.15, 0.2) is 6.20 Å². The number of nitrogens with zero attached hydrogens (tertiary/aromatic N) is 2. The molecule has 7 heteroatoms. The van der Waals surface area contributed by atoms with Gasteiger partial charge in [0, 0.05) is 6.26 Å². The van der Waals surface area contributed by atoms with Crippen LogP contribution in [-0.2, 0) is 27.5 Å². The monoisotopic (exact) mass is 274 g/mol. The van der Waals surface area contributed by atoms with E-state index in [2.05, 4.69) is 5.10 Å². The Kier molecular flexibility index (Phi) is 4.89. The highest BCUT2D eigenvalue weighted by molar-refractivity contribution is 7.90. The van der Waals surface area contributed by atoms with Crippen molar-refractivity contribution in [3.63, 3.8) is 0 Å². The number of carbonyl (C=O) groups is 1. The number of rotatable bonds is 6. The van der Waals surface area contributed by atoms with Crippen molar-refractivity contribution in [3.8, 4) is 0 Å². The van der Waals surface area contributed by atoms with Gasteiger partial charge < -0.3 is 4.74 Å². The molecule has 0 fully saturated rings. The Morgan fingerprint density at radius 2 is 2.11 bits per heavy atom. The maximum Gasteiger partial charge on any atom is 0.341 e. The summed E-state index contributed by atoms with van der Waals surface area (Å²) in [4.78, 5) is 11.6. The summed E-state index contributed by atoms with van der Waals surface area (Å²) in [5, 5.41) is 4.04. The van der Waals surface area contributed by atoms with Gasteiger partial charge in [-0.25, -0.2) is 13.2 Å². The van der Waals surface area contributed by atoms with Crippen LogP contribution in [0.25, 0.3) is 0 Å². The molecule has 0 saturated heterocycles. The highest BCUT2D eigenvalue weighted by atomic mass is 32.2. The summed E-state index contributed by atoms with van der Waals surface area (Å²) < 4.78 is 28.7. The Labute approximate surface area is 107 Å². The van der Waals surface area contributed by atoms with Crippen molar-refractivity contribution in [2.24, 2.45) is 0 Å². The van der Waals surface area contributed by atoms with Crippen molar-refractivity contribution in [2.75, 3.05) is 18.6 Å². The number of aromatic nitrogens is 2. The molecule has 0 unspecified atom stereocenters. The second-order valence-electron chi connectivity index (χ2n) is 3.93. The van der Waals surface area contributed by atoms with Crippen molar-refractivity contribution in [3.05, 3.63) is 17.5 Å². The highest BCUT2D eigenvalue weighted by Gasteiger charge is 2.17. The SMILES string of the molecule is CCOC(=O)c1cnn(CCS(C)(=O)=O)c1CC. The quantitative estimate of drug-likeness (QED) is 0.712. The third kappa shape index (κ3) is 3.83. The number of esters is 1. The van der Waals surface area contributed by atoms with Crippen LogP contribution < -0.4 is 0 Å². The van der Waals surface area contributed by atoms with E-state index in [1.54, 1.807) is 11.6 Å². The van der Waals surface area contributed by atoms with Crippen LogP contribution >= 0.6 is 0 Å². The third-order valence-corrected chi connectivity index (χ3v) is 3.38. The standard InChI is InChI=1S/C11H18N2O4S/c1-4-10-9(11(14)17-5-2)8-12-13(10)6-7-18(3,15)16/h8H,4-7H2,1-3H3. The van der Waals surface area contributed by atoms with E-state index in [0.29, 0.717) is 24.3 Å². The van der Waals surface area contributed by atoms with Crippen LogP contribution in [0.1, 0.15) is 29.9 Å². The molecule has 1 aromatic rings. The fourth-order valence-corrected chi connectivity index (χ4v) is 2.11. The number of hydrogen-bond donors (Lipinski definition) is 0. The van der Waals surface area contributed by atoms with Gasteiger partial charge in [-0.15, -0.1) is 0 Å². The molecule has 1 rings (SSSR count). The Morgan fingerprint density at radius 3 is 2.61 bits per heavy atom. The molecule has 102 valence electrons. The second-order valence-corrected chi connectivity index (χ2v) is 6.19. The Hall–Kier alpha value is -1.37. The van der Waals surface area contributed by atoms with E-state index in [9.17, 15) is 13.2 Å². The van der Waals surface area contributed by atoms with Gasteiger partial charge in [0.05, 0.1) is 30.8 Å². The number of hydrogen-bond acceptors (Lipinski definition) is 5. The molecular formula is C11H18N2O4S. The van der Waals surface area contributed by atoms with Crippen molar-refractivity contribution < 1.29 is 17.9 Å². The number of ether oxygens (including phenoxy) is 1. The molecule has 0 aliphatic heterocycles. The molecule has 0 atom stereocenters. The van der Waals surface area contributed by atoms with Gasteiger partial charge in [-0.2, -0.15) is 5.10 Å².